The number of hydrogen-bond donors (Lipinski definition) is 2. The van der Waals surface area contributed by atoms with Crippen molar-refractivity contribution in [3.63, 3.8) is 0 Å². The maximum absolute atomic E-state index is 13.0. The van der Waals surface area contributed by atoms with Gasteiger partial charge in [0.1, 0.15) is 0 Å². The van der Waals surface area contributed by atoms with Crippen LogP contribution in [0.2, 0.25) is 0 Å². The van der Waals surface area contributed by atoms with Gasteiger partial charge in [0.05, 0.1) is 11.8 Å². The molecule has 2 bridgehead atoms. The van der Waals surface area contributed by atoms with Gasteiger partial charge in [0.15, 0.2) is 0 Å². The van der Waals surface area contributed by atoms with E-state index in [0.717, 1.165) is 18.4 Å². The molecule has 4 aliphatic rings. The largest absolute Gasteiger partial charge is 0.481 e. The second kappa shape index (κ2) is 6.59. The van der Waals surface area contributed by atoms with Gasteiger partial charge in [0.25, 0.3) is 0 Å². The summed E-state index contributed by atoms with van der Waals surface area (Å²) in [6, 6.07) is 11.7. The number of aliphatic carboxylic acids is 1. The van der Waals surface area contributed by atoms with Crippen molar-refractivity contribution in [1.82, 2.24) is 4.98 Å². The molecule has 0 radical (unpaired) electrons. The summed E-state index contributed by atoms with van der Waals surface area (Å²) < 4.78 is 0. The number of nitrogens with zero attached hydrogens (tertiary/aromatic N) is 1. The SMILES string of the molecule is O=C(O)[C@H]1[C@@H]2C=C[C@H]([C@H]3C[C@H]23)[C@@H]1C(=O)Nc1ccc(Cc2ccncc2)cc1. The number of benzene rings is 1. The molecule has 0 aliphatic heterocycles. The Bertz CT molecular complexity index is 938. The van der Waals surface area contributed by atoms with Gasteiger partial charge in [0.2, 0.25) is 5.91 Å². The van der Waals surface area contributed by atoms with Crippen LogP contribution in [0.4, 0.5) is 5.69 Å². The third kappa shape index (κ3) is 2.91. The van der Waals surface area contributed by atoms with Crippen molar-refractivity contribution < 1.29 is 14.7 Å². The first-order valence-corrected chi connectivity index (χ1v) is 9.81. The number of allylic oxidation sites excluding steroid dienone is 2. The van der Waals surface area contributed by atoms with Crippen LogP contribution in [0.5, 0.6) is 0 Å². The van der Waals surface area contributed by atoms with Gasteiger partial charge in [-0.25, -0.2) is 0 Å². The number of carboxylic acids is 1. The first-order chi connectivity index (χ1) is 13.6. The molecule has 5 nitrogen and oxygen atoms in total. The lowest BCUT2D eigenvalue weighted by molar-refractivity contribution is -0.152. The fourth-order valence-corrected chi connectivity index (χ4v) is 5.24. The van der Waals surface area contributed by atoms with E-state index >= 15 is 0 Å². The third-order valence-corrected chi connectivity index (χ3v) is 6.62. The van der Waals surface area contributed by atoms with Crippen LogP contribution in [-0.4, -0.2) is 22.0 Å². The number of amides is 1. The normalized spacial score (nSPS) is 31.9. The Balaban J connectivity index is 1.30. The summed E-state index contributed by atoms with van der Waals surface area (Å²) in [6.45, 7) is 0. The lowest BCUT2D eigenvalue weighted by Gasteiger charge is -2.41. The summed E-state index contributed by atoms with van der Waals surface area (Å²) in [6.07, 6.45) is 9.53. The average Bonchev–Trinajstić information content (AvgIpc) is 3.52. The molecule has 4 aliphatic carbocycles. The summed E-state index contributed by atoms with van der Waals surface area (Å²) in [4.78, 5) is 28.9. The monoisotopic (exact) mass is 374 g/mol. The molecule has 2 saturated carbocycles. The Morgan fingerprint density at radius 1 is 0.929 bits per heavy atom. The van der Waals surface area contributed by atoms with Crippen molar-refractivity contribution >= 4 is 17.6 Å². The number of carbonyl (C=O) groups excluding carboxylic acids is 1. The summed E-state index contributed by atoms with van der Waals surface area (Å²) in [7, 11) is 0. The van der Waals surface area contributed by atoms with Crippen LogP contribution < -0.4 is 5.32 Å². The highest BCUT2D eigenvalue weighted by atomic mass is 16.4. The van der Waals surface area contributed by atoms with Crippen LogP contribution in [0.15, 0.2) is 60.9 Å². The highest BCUT2D eigenvalue weighted by Crippen LogP contribution is 2.63. The molecule has 0 spiro atoms. The molecule has 0 saturated heterocycles. The predicted molar refractivity (Wildman–Crippen MR) is 104 cm³/mol. The summed E-state index contributed by atoms with van der Waals surface area (Å²) in [5, 5.41) is 12.7. The molecule has 1 heterocycles. The Morgan fingerprint density at radius 2 is 1.54 bits per heavy atom. The lowest BCUT2D eigenvalue weighted by Crippen LogP contribution is -2.48. The van der Waals surface area contributed by atoms with E-state index in [1.165, 1.54) is 5.56 Å². The van der Waals surface area contributed by atoms with Crippen LogP contribution in [-0.2, 0) is 16.0 Å². The molecule has 1 aromatic carbocycles. The first kappa shape index (κ1) is 17.2. The Labute approximate surface area is 163 Å². The van der Waals surface area contributed by atoms with E-state index in [4.69, 9.17) is 0 Å². The summed E-state index contributed by atoms with van der Waals surface area (Å²) >= 11 is 0. The fourth-order valence-electron chi connectivity index (χ4n) is 5.24. The minimum atomic E-state index is -0.849. The molecule has 28 heavy (non-hydrogen) atoms. The minimum Gasteiger partial charge on any atom is -0.481 e. The first-order valence-electron chi connectivity index (χ1n) is 9.81. The summed E-state index contributed by atoms with van der Waals surface area (Å²) in [5.41, 5.74) is 3.04. The fraction of sp³-hybridized carbons (Fsp3) is 0.348. The molecule has 2 N–H and O–H groups in total. The highest BCUT2D eigenvalue weighted by molar-refractivity contribution is 5.96. The molecular formula is C23H22N2O3. The van der Waals surface area contributed by atoms with Crippen LogP contribution in [0.1, 0.15) is 17.5 Å². The van der Waals surface area contributed by atoms with Crippen molar-refractivity contribution in [2.24, 2.45) is 35.5 Å². The molecule has 6 rings (SSSR count). The van der Waals surface area contributed by atoms with Crippen LogP contribution in [0.3, 0.4) is 0 Å². The van der Waals surface area contributed by atoms with Gasteiger partial charge in [-0.15, -0.1) is 0 Å². The molecule has 1 aromatic heterocycles. The van der Waals surface area contributed by atoms with Gasteiger partial charge < -0.3 is 10.4 Å². The molecule has 2 fully saturated rings. The average molecular weight is 374 g/mol. The number of rotatable bonds is 5. The van der Waals surface area contributed by atoms with Crippen LogP contribution >= 0.6 is 0 Å². The van der Waals surface area contributed by atoms with Gasteiger partial charge >= 0.3 is 5.97 Å². The van der Waals surface area contributed by atoms with E-state index in [1.54, 1.807) is 12.4 Å². The van der Waals surface area contributed by atoms with E-state index in [9.17, 15) is 14.7 Å². The zero-order valence-corrected chi connectivity index (χ0v) is 15.4. The maximum Gasteiger partial charge on any atom is 0.307 e. The Kier molecular flexibility index (Phi) is 4.04. The van der Waals surface area contributed by atoms with Gasteiger partial charge in [0, 0.05) is 18.1 Å². The van der Waals surface area contributed by atoms with Crippen molar-refractivity contribution in [2.45, 2.75) is 12.8 Å². The van der Waals surface area contributed by atoms with Crippen molar-refractivity contribution in [2.75, 3.05) is 5.32 Å². The number of carbonyl (C=O) groups is 2. The smallest absolute Gasteiger partial charge is 0.307 e. The number of fused-ring (bicyclic) bond motifs is 1. The van der Waals surface area contributed by atoms with Crippen molar-refractivity contribution in [3.8, 4) is 0 Å². The number of pyridine rings is 1. The van der Waals surface area contributed by atoms with E-state index in [0.29, 0.717) is 17.5 Å². The molecule has 5 heteroatoms. The van der Waals surface area contributed by atoms with Crippen molar-refractivity contribution in [3.05, 3.63) is 72.1 Å². The van der Waals surface area contributed by atoms with Crippen LogP contribution in [0.25, 0.3) is 0 Å². The zero-order chi connectivity index (χ0) is 19.3. The number of aromatic nitrogens is 1. The van der Waals surface area contributed by atoms with Crippen molar-refractivity contribution in [1.29, 1.82) is 0 Å². The molecule has 142 valence electrons. The predicted octanol–water partition coefficient (Wildman–Crippen LogP) is 3.38. The quantitative estimate of drug-likeness (QED) is 0.787. The Hall–Kier alpha value is -2.95. The van der Waals surface area contributed by atoms with Gasteiger partial charge in [-0.05, 0) is 71.9 Å². The molecular weight excluding hydrogens is 352 g/mol. The summed E-state index contributed by atoms with van der Waals surface area (Å²) in [5.74, 6) is -1.08. The third-order valence-electron chi connectivity index (χ3n) is 6.62. The van der Waals surface area contributed by atoms with E-state index in [-0.39, 0.29) is 17.7 Å². The van der Waals surface area contributed by atoms with E-state index in [2.05, 4.69) is 16.4 Å². The minimum absolute atomic E-state index is 0.00554. The Morgan fingerprint density at radius 3 is 2.18 bits per heavy atom. The topological polar surface area (TPSA) is 79.3 Å². The second-order valence-electron chi connectivity index (χ2n) is 8.21. The van der Waals surface area contributed by atoms with E-state index in [1.807, 2.05) is 42.5 Å². The van der Waals surface area contributed by atoms with Gasteiger partial charge in [-0.1, -0.05) is 24.3 Å². The number of hydrogen-bond acceptors (Lipinski definition) is 3. The maximum atomic E-state index is 13.0. The van der Waals surface area contributed by atoms with Crippen LogP contribution in [0, 0.1) is 35.5 Å². The van der Waals surface area contributed by atoms with Gasteiger partial charge in [-0.3, -0.25) is 14.6 Å². The highest BCUT2D eigenvalue weighted by Gasteiger charge is 2.62. The molecule has 0 unspecified atom stereocenters. The van der Waals surface area contributed by atoms with E-state index < -0.39 is 17.8 Å². The second-order valence-corrected chi connectivity index (χ2v) is 8.21. The van der Waals surface area contributed by atoms with Gasteiger partial charge in [-0.2, -0.15) is 0 Å². The standard InChI is InChI=1S/C23H22N2O3/c26-22(20-16-5-6-17(19-12-18(16)19)21(20)23(27)28)25-15-3-1-13(2-4-15)11-14-7-9-24-10-8-14/h1-10,16-21H,11-12H2,(H,25,26)(H,27,28)/t16-,17-,18-,19-,20+,21+/m1/s1. The molecule has 1 amide bonds. The number of carboxylic acid groups (broad SMARTS) is 1. The molecule has 2 aromatic rings. The number of nitrogens with one attached hydrogen (secondary N) is 1. The molecule has 6 atom stereocenters. The lowest BCUT2D eigenvalue weighted by atomic mass is 9.62. The zero-order valence-electron chi connectivity index (χ0n) is 15.4. The number of anilines is 1.